The molecule has 0 unspecified atom stereocenters. The van der Waals surface area contributed by atoms with Gasteiger partial charge in [-0.3, -0.25) is 5.10 Å². The van der Waals surface area contributed by atoms with Crippen molar-refractivity contribution in [3.63, 3.8) is 0 Å². The number of benzene rings is 3. The van der Waals surface area contributed by atoms with E-state index in [1.54, 1.807) is 42.6 Å². The van der Waals surface area contributed by atoms with Gasteiger partial charge in [-0.15, -0.1) is 0 Å². The number of aromatic amines is 1. The molecular weight excluding hydrogens is 421 g/mol. The molecular formula is C26H22FN3O3. The van der Waals surface area contributed by atoms with Gasteiger partial charge in [0.25, 0.3) is 0 Å². The second-order valence-electron chi connectivity index (χ2n) is 8.79. The van der Waals surface area contributed by atoms with Crippen molar-refractivity contribution in [3.8, 4) is 16.8 Å². The summed E-state index contributed by atoms with van der Waals surface area (Å²) in [5.41, 5.74) is 4.56. The molecule has 0 radical (unpaired) electrons. The van der Waals surface area contributed by atoms with Crippen molar-refractivity contribution in [1.29, 1.82) is 0 Å². The van der Waals surface area contributed by atoms with Crippen molar-refractivity contribution in [3.05, 3.63) is 83.9 Å². The van der Waals surface area contributed by atoms with Crippen LogP contribution in [-0.2, 0) is 5.41 Å². The number of aromatic carboxylic acids is 1. The quantitative estimate of drug-likeness (QED) is 0.345. The van der Waals surface area contributed by atoms with Gasteiger partial charge in [-0.2, -0.15) is 5.10 Å². The molecule has 0 aliphatic carbocycles. The molecule has 166 valence electrons. The normalized spacial score (nSPS) is 12.0. The fraction of sp³-hybridized carbons (Fsp3) is 0.154. The lowest BCUT2D eigenvalue weighted by atomic mass is 9.84. The summed E-state index contributed by atoms with van der Waals surface area (Å²) in [6, 6.07) is 17.0. The van der Waals surface area contributed by atoms with Gasteiger partial charge in [-0.05, 0) is 54.1 Å². The average Bonchev–Trinajstić information content (AvgIpc) is 3.40. The first kappa shape index (κ1) is 20.9. The maximum atomic E-state index is 13.7. The molecule has 0 saturated heterocycles. The molecule has 6 nitrogen and oxygen atoms in total. The molecule has 3 N–H and O–H groups in total. The highest BCUT2D eigenvalue weighted by atomic mass is 19.1. The molecule has 0 spiro atoms. The van der Waals surface area contributed by atoms with Gasteiger partial charge >= 0.3 is 5.97 Å². The molecule has 3 aromatic carbocycles. The highest BCUT2D eigenvalue weighted by molar-refractivity contribution is 6.06. The van der Waals surface area contributed by atoms with Crippen molar-refractivity contribution >= 4 is 27.8 Å². The van der Waals surface area contributed by atoms with Gasteiger partial charge < -0.3 is 14.8 Å². The van der Waals surface area contributed by atoms with Crippen LogP contribution >= 0.6 is 0 Å². The number of hydrogen-bond donors (Lipinski definition) is 3. The number of rotatable bonds is 5. The number of carboxylic acids is 1. The third-order valence-corrected chi connectivity index (χ3v) is 6.07. The van der Waals surface area contributed by atoms with E-state index in [0.717, 1.165) is 44.3 Å². The van der Waals surface area contributed by atoms with Gasteiger partial charge in [0.15, 0.2) is 0 Å². The summed E-state index contributed by atoms with van der Waals surface area (Å²) < 4.78 is 15.8. The van der Waals surface area contributed by atoms with E-state index in [4.69, 9.17) is 0 Å². The molecule has 0 fully saturated rings. The van der Waals surface area contributed by atoms with Gasteiger partial charge in [0.2, 0.25) is 0 Å². The number of nitrogens with one attached hydrogen (secondary N) is 1. The van der Waals surface area contributed by atoms with Crippen molar-refractivity contribution in [2.24, 2.45) is 0 Å². The third kappa shape index (κ3) is 3.37. The number of hydrogen-bond acceptors (Lipinski definition) is 3. The molecule has 0 saturated carbocycles. The van der Waals surface area contributed by atoms with Crippen LogP contribution in [0.5, 0.6) is 0 Å². The van der Waals surface area contributed by atoms with Gasteiger partial charge in [0, 0.05) is 33.1 Å². The highest BCUT2D eigenvalue weighted by Crippen LogP contribution is 2.43. The Morgan fingerprint density at radius 3 is 2.42 bits per heavy atom. The van der Waals surface area contributed by atoms with E-state index in [9.17, 15) is 19.4 Å². The highest BCUT2D eigenvalue weighted by Gasteiger charge is 2.31. The Morgan fingerprint density at radius 1 is 1.09 bits per heavy atom. The zero-order chi connectivity index (χ0) is 23.3. The lowest BCUT2D eigenvalue weighted by Gasteiger charge is -2.27. The number of aromatic nitrogens is 3. The zero-order valence-corrected chi connectivity index (χ0v) is 18.1. The van der Waals surface area contributed by atoms with Gasteiger partial charge in [-0.25, -0.2) is 9.18 Å². The molecule has 7 heteroatoms. The number of nitrogens with zero attached hydrogens (tertiary/aromatic N) is 2. The first-order valence-electron chi connectivity index (χ1n) is 10.5. The van der Waals surface area contributed by atoms with Crippen molar-refractivity contribution < 1.29 is 19.4 Å². The Morgan fingerprint density at radius 2 is 1.79 bits per heavy atom. The first-order chi connectivity index (χ1) is 15.8. The van der Waals surface area contributed by atoms with Crippen LogP contribution in [0.4, 0.5) is 4.39 Å². The van der Waals surface area contributed by atoms with Gasteiger partial charge in [-0.1, -0.05) is 26.0 Å². The molecule has 0 amide bonds. The van der Waals surface area contributed by atoms with Crippen LogP contribution < -0.4 is 0 Å². The molecule has 0 aliphatic heterocycles. The summed E-state index contributed by atoms with van der Waals surface area (Å²) in [6.45, 7) is 3.78. The first-order valence-corrected chi connectivity index (χ1v) is 10.5. The minimum absolute atomic E-state index is 0.121. The number of halogens is 1. The summed E-state index contributed by atoms with van der Waals surface area (Å²) in [4.78, 5) is 11.4. The SMILES string of the molecule is CC(C)(CO)c1c(-c2ccc(C(=O)O)cc2)c2cc3[nH]ncc3cc2n1-c1ccc(F)cc1. The van der Waals surface area contributed by atoms with Gasteiger partial charge in [0.05, 0.1) is 29.4 Å². The summed E-state index contributed by atoms with van der Waals surface area (Å²) in [6.07, 6.45) is 1.75. The Kier molecular flexibility index (Phi) is 4.79. The van der Waals surface area contributed by atoms with Crippen LogP contribution in [0.2, 0.25) is 0 Å². The monoisotopic (exact) mass is 443 g/mol. The number of H-pyrrole nitrogens is 1. The molecule has 2 aromatic heterocycles. The largest absolute Gasteiger partial charge is 0.478 e. The predicted molar refractivity (Wildman–Crippen MR) is 125 cm³/mol. The van der Waals surface area contributed by atoms with Crippen LogP contribution in [0, 0.1) is 5.82 Å². The Labute approximate surface area is 188 Å². The fourth-order valence-corrected chi connectivity index (χ4v) is 4.37. The van der Waals surface area contributed by atoms with Crippen LogP contribution in [0.25, 0.3) is 38.6 Å². The van der Waals surface area contributed by atoms with Crippen LogP contribution in [-0.4, -0.2) is 37.6 Å². The second kappa shape index (κ2) is 7.56. The Balaban J connectivity index is 1.94. The zero-order valence-electron chi connectivity index (χ0n) is 18.1. The molecule has 0 atom stereocenters. The minimum atomic E-state index is -0.995. The van der Waals surface area contributed by atoms with Crippen molar-refractivity contribution in [2.75, 3.05) is 6.61 Å². The molecule has 0 aliphatic rings. The summed E-state index contributed by atoms with van der Waals surface area (Å²) in [7, 11) is 0. The van der Waals surface area contributed by atoms with E-state index >= 15 is 0 Å². The Hall–Kier alpha value is -3.97. The van der Waals surface area contributed by atoms with E-state index < -0.39 is 11.4 Å². The number of aliphatic hydroxyl groups is 1. The maximum Gasteiger partial charge on any atom is 0.335 e. The molecule has 5 rings (SSSR count). The topological polar surface area (TPSA) is 91.1 Å². The molecule has 5 aromatic rings. The van der Waals surface area contributed by atoms with E-state index in [2.05, 4.69) is 10.2 Å². The summed E-state index contributed by atoms with van der Waals surface area (Å²) >= 11 is 0. The van der Waals surface area contributed by atoms with Gasteiger partial charge in [0.1, 0.15) is 5.82 Å². The molecule has 0 bridgehead atoms. The van der Waals surface area contributed by atoms with E-state index in [1.165, 1.54) is 12.1 Å². The van der Waals surface area contributed by atoms with E-state index in [0.29, 0.717) is 0 Å². The van der Waals surface area contributed by atoms with Crippen LogP contribution in [0.3, 0.4) is 0 Å². The smallest absolute Gasteiger partial charge is 0.335 e. The number of carboxylic acid groups (broad SMARTS) is 1. The number of aliphatic hydroxyl groups excluding tert-OH is 1. The minimum Gasteiger partial charge on any atom is -0.478 e. The van der Waals surface area contributed by atoms with Crippen LogP contribution in [0.15, 0.2) is 66.9 Å². The second-order valence-corrected chi connectivity index (χ2v) is 8.79. The Bertz CT molecular complexity index is 1500. The maximum absolute atomic E-state index is 13.7. The molecule has 2 heterocycles. The fourth-order valence-electron chi connectivity index (χ4n) is 4.37. The summed E-state index contributed by atoms with van der Waals surface area (Å²) in [5, 5.41) is 28.7. The lowest BCUT2D eigenvalue weighted by Crippen LogP contribution is -2.26. The van der Waals surface area contributed by atoms with E-state index in [1.807, 2.05) is 30.5 Å². The standard InChI is InChI=1S/C26H22FN3O3/c1-26(2,14-31)24-23(15-3-5-16(6-4-15)25(32)33)20-12-21-17(13-28-29-21)11-22(20)30(24)19-9-7-18(27)8-10-19/h3-13,31H,14H2,1-2H3,(H,28,29)(H,32,33). The lowest BCUT2D eigenvalue weighted by molar-refractivity contribution is 0.0697. The summed E-state index contributed by atoms with van der Waals surface area (Å²) in [5.74, 6) is -1.33. The number of fused-ring (bicyclic) bond motifs is 2. The average molecular weight is 443 g/mol. The predicted octanol–water partition coefficient (Wildman–Crippen LogP) is 5.28. The molecule has 33 heavy (non-hydrogen) atoms. The van der Waals surface area contributed by atoms with Crippen molar-refractivity contribution in [1.82, 2.24) is 14.8 Å². The number of carbonyl (C=O) groups is 1. The van der Waals surface area contributed by atoms with Crippen molar-refractivity contribution in [2.45, 2.75) is 19.3 Å². The van der Waals surface area contributed by atoms with Crippen LogP contribution in [0.1, 0.15) is 29.9 Å². The van der Waals surface area contributed by atoms with E-state index in [-0.39, 0.29) is 18.0 Å². The third-order valence-electron chi connectivity index (χ3n) is 6.07.